The van der Waals surface area contributed by atoms with Gasteiger partial charge >= 0.3 is 0 Å². The van der Waals surface area contributed by atoms with E-state index in [-0.39, 0.29) is 0 Å². The zero-order valence-corrected chi connectivity index (χ0v) is 9.25. The minimum Gasteiger partial charge on any atom is -0.323 e. The molecule has 0 aliphatic heterocycles. The van der Waals surface area contributed by atoms with Crippen LogP contribution < -0.4 is 4.98 Å². The summed E-state index contributed by atoms with van der Waals surface area (Å²) in [4.78, 5) is 3.33. The van der Waals surface area contributed by atoms with Crippen molar-refractivity contribution >= 4 is 18.6 Å². The average molecular weight is 192 g/mol. The molecular formula is C8H18ClNSi. The molecule has 1 nitrogen and oxygen atoms in total. The van der Waals surface area contributed by atoms with E-state index in [1.165, 1.54) is 12.8 Å². The molecule has 0 fully saturated rings. The van der Waals surface area contributed by atoms with E-state index in [4.69, 9.17) is 11.1 Å². The molecule has 0 heterocycles. The van der Waals surface area contributed by atoms with Crippen molar-refractivity contribution in [2.45, 2.75) is 32.7 Å². The highest BCUT2D eigenvalue weighted by atomic mass is 35.6. The van der Waals surface area contributed by atoms with Crippen LogP contribution >= 0.6 is 11.1 Å². The largest absolute Gasteiger partial charge is 0.323 e. The Balaban J connectivity index is 3.77. The first-order chi connectivity index (χ1) is 5.18. The van der Waals surface area contributed by atoms with Gasteiger partial charge in [0.2, 0.25) is 7.55 Å². The Morgan fingerprint density at radius 1 is 1.55 bits per heavy atom. The van der Waals surface area contributed by atoms with Crippen molar-refractivity contribution in [3.8, 4) is 0 Å². The third-order valence-corrected chi connectivity index (χ3v) is 5.79. The summed E-state index contributed by atoms with van der Waals surface area (Å²) in [6.07, 6.45) is 2.41. The van der Waals surface area contributed by atoms with Crippen LogP contribution in [0.25, 0.3) is 0 Å². The molecule has 0 radical (unpaired) electrons. The lowest BCUT2D eigenvalue weighted by Crippen LogP contribution is -2.43. The van der Waals surface area contributed by atoms with Gasteiger partial charge < -0.3 is 4.98 Å². The molecule has 0 aliphatic rings. The van der Waals surface area contributed by atoms with Crippen LogP contribution in [0.15, 0.2) is 12.3 Å². The molecule has 0 saturated heterocycles. The molecule has 0 spiro atoms. The summed E-state index contributed by atoms with van der Waals surface area (Å²) in [5.41, 5.74) is 1.92. The van der Waals surface area contributed by atoms with Crippen LogP contribution in [0.3, 0.4) is 0 Å². The number of hydrogen-bond donors (Lipinski definition) is 1. The number of unbranched alkanes of at least 4 members (excludes halogenated alkanes) is 1. The standard InChI is InChI=1S/C8H18ClNSi/c1-4-7-8-11(9,6-3)10-5-2/h6,10H,3-5,7-8H2,1-2H3. The van der Waals surface area contributed by atoms with Crippen LogP contribution in [-0.4, -0.2) is 14.1 Å². The van der Waals surface area contributed by atoms with Gasteiger partial charge in [0.15, 0.2) is 0 Å². The summed E-state index contributed by atoms with van der Waals surface area (Å²) in [5.74, 6) is 0. The highest BCUT2D eigenvalue weighted by Crippen LogP contribution is 2.15. The molecule has 11 heavy (non-hydrogen) atoms. The summed E-state index contributed by atoms with van der Waals surface area (Å²) >= 11 is 6.31. The van der Waals surface area contributed by atoms with Gasteiger partial charge in [-0.3, -0.25) is 0 Å². The first-order valence-electron chi connectivity index (χ1n) is 4.26. The summed E-state index contributed by atoms with van der Waals surface area (Å²) in [6, 6.07) is 1.10. The third-order valence-electron chi connectivity index (χ3n) is 1.69. The first-order valence-corrected chi connectivity index (χ1v) is 7.55. The molecule has 1 unspecified atom stereocenters. The zero-order chi connectivity index (χ0) is 8.74. The second-order valence-corrected chi connectivity index (χ2v) is 7.71. The van der Waals surface area contributed by atoms with Gasteiger partial charge in [0, 0.05) is 0 Å². The molecule has 1 N–H and O–H groups in total. The van der Waals surface area contributed by atoms with E-state index in [1.807, 2.05) is 5.70 Å². The molecule has 0 amide bonds. The maximum absolute atomic E-state index is 6.31. The van der Waals surface area contributed by atoms with Gasteiger partial charge in [-0.15, -0.1) is 17.7 Å². The van der Waals surface area contributed by atoms with E-state index in [9.17, 15) is 0 Å². The van der Waals surface area contributed by atoms with Gasteiger partial charge in [-0.1, -0.05) is 32.4 Å². The van der Waals surface area contributed by atoms with Crippen molar-refractivity contribution in [2.24, 2.45) is 0 Å². The van der Waals surface area contributed by atoms with Gasteiger partial charge in [-0.2, -0.15) is 0 Å². The Kier molecular flexibility index (Phi) is 5.92. The molecule has 0 bridgehead atoms. The lowest BCUT2D eigenvalue weighted by Gasteiger charge is -2.20. The van der Waals surface area contributed by atoms with Gasteiger partial charge in [0.05, 0.1) is 0 Å². The Morgan fingerprint density at radius 3 is 2.55 bits per heavy atom. The molecule has 3 heteroatoms. The van der Waals surface area contributed by atoms with Crippen molar-refractivity contribution in [3.05, 3.63) is 12.3 Å². The van der Waals surface area contributed by atoms with E-state index >= 15 is 0 Å². The average Bonchev–Trinajstić information content (AvgIpc) is 2.02. The van der Waals surface area contributed by atoms with Crippen molar-refractivity contribution in [3.63, 3.8) is 0 Å². The van der Waals surface area contributed by atoms with E-state index in [0.29, 0.717) is 0 Å². The molecule has 0 aliphatic carbocycles. The maximum atomic E-state index is 6.31. The number of halogens is 1. The fraction of sp³-hybridized carbons (Fsp3) is 0.750. The van der Waals surface area contributed by atoms with Crippen LogP contribution in [0.5, 0.6) is 0 Å². The zero-order valence-electron chi connectivity index (χ0n) is 7.49. The summed E-state index contributed by atoms with van der Waals surface area (Å²) in [7, 11) is -1.76. The maximum Gasteiger partial charge on any atom is 0.250 e. The lowest BCUT2D eigenvalue weighted by molar-refractivity contribution is 0.852. The van der Waals surface area contributed by atoms with Gasteiger partial charge in [0.25, 0.3) is 0 Å². The second-order valence-electron chi connectivity index (χ2n) is 2.70. The quantitative estimate of drug-likeness (QED) is 0.503. The molecule has 0 aromatic rings. The van der Waals surface area contributed by atoms with E-state index in [1.54, 1.807) is 0 Å². The first kappa shape index (κ1) is 11.2. The Morgan fingerprint density at radius 2 is 2.18 bits per heavy atom. The normalized spacial score (nSPS) is 15.9. The predicted octanol–water partition coefficient (Wildman–Crippen LogP) is 2.80. The Bertz CT molecular complexity index is 119. The fourth-order valence-corrected chi connectivity index (χ4v) is 3.77. The van der Waals surface area contributed by atoms with Crippen LogP contribution in [0.1, 0.15) is 26.7 Å². The molecule has 0 saturated carbocycles. The van der Waals surface area contributed by atoms with Crippen LogP contribution in [-0.2, 0) is 0 Å². The second kappa shape index (κ2) is 5.81. The Hall–Kier alpha value is 0.207. The molecule has 66 valence electrons. The summed E-state index contributed by atoms with van der Waals surface area (Å²) in [5, 5.41) is 0. The number of nitrogens with one attached hydrogen (secondary N) is 1. The van der Waals surface area contributed by atoms with Crippen molar-refractivity contribution in [2.75, 3.05) is 6.54 Å². The monoisotopic (exact) mass is 191 g/mol. The van der Waals surface area contributed by atoms with E-state index in [2.05, 4.69) is 25.4 Å². The highest BCUT2D eigenvalue weighted by Gasteiger charge is 2.24. The highest BCUT2D eigenvalue weighted by molar-refractivity contribution is 7.21. The SMILES string of the molecule is C=C[Si](Cl)(CCCC)NCC. The van der Waals surface area contributed by atoms with Gasteiger partial charge in [-0.05, 0) is 12.6 Å². The van der Waals surface area contributed by atoms with Crippen LogP contribution in [0.2, 0.25) is 6.04 Å². The van der Waals surface area contributed by atoms with Crippen molar-refractivity contribution in [1.29, 1.82) is 0 Å². The number of hydrogen-bond acceptors (Lipinski definition) is 1. The Labute approximate surface area is 75.6 Å². The van der Waals surface area contributed by atoms with E-state index in [0.717, 1.165) is 12.6 Å². The third kappa shape index (κ3) is 4.61. The minimum absolute atomic E-state index is 0.950. The van der Waals surface area contributed by atoms with Crippen molar-refractivity contribution in [1.82, 2.24) is 4.98 Å². The van der Waals surface area contributed by atoms with Gasteiger partial charge in [-0.25, -0.2) is 0 Å². The van der Waals surface area contributed by atoms with Crippen LogP contribution in [0, 0.1) is 0 Å². The molecule has 0 aromatic carbocycles. The van der Waals surface area contributed by atoms with E-state index < -0.39 is 7.55 Å². The molecular weight excluding hydrogens is 174 g/mol. The van der Waals surface area contributed by atoms with Gasteiger partial charge in [0.1, 0.15) is 0 Å². The fourth-order valence-electron chi connectivity index (χ4n) is 0.991. The molecule has 1 atom stereocenters. The molecule has 0 rings (SSSR count). The van der Waals surface area contributed by atoms with Crippen LogP contribution in [0.4, 0.5) is 0 Å². The van der Waals surface area contributed by atoms with Crippen molar-refractivity contribution < 1.29 is 0 Å². The predicted molar refractivity (Wildman–Crippen MR) is 55.2 cm³/mol. The lowest BCUT2D eigenvalue weighted by atomic mass is 10.4. The summed E-state index contributed by atoms with van der Waals surface area (Å²) < 4.78 is 0. The molecule has 0 aromatic heterocycles. The summed E-state index contributed by atoms with van der Waals surface area (Å²) in [6.45, 7) is 8.99. The number of rotatable bonds is 6. The minimum atomic E-state index is -1.76. The smallest absolute Gasteiger partial charge is 0.250 e. The topological polar surface area (TPSA) is 12.0 Å².